The number of sulfone groups is 1. The summed E-state index contributed by atoms with van der Waals surface area (Å²) in [5.41, 5.74) is 1.68. The Labute approximate surface area is 182 Å². The second-order valence-corrected chi connectivity index (χ2v) is 9.26. The first-order chi connectivity index (χ1) is 14.9. The third kappa shape index (κ3) is 4.07. The van der Waals surface area contributed by atoms with Gasteiger partial charge in [-0.05, 0) is 37.1 Å². The van der Waals surface area contributed by atoms with Gasteiger partial charge in [-0.15, -0.1) is 0 Å². The summed E-state index contributed by atoms with van der Waals surface area (Å²) in [5.74, 6) is 0.342. The van der Waals surface area contributed by atoms with E-state index in [-0.39, 0.29) is 27.4 Å². The zero-order valence-electron chi connectivity index (χ0n) is 17.2. The molecule has 0 bridgehead atoms. The number of hydrogen-bond donors (Lipinski definition) is 2. The highest BCUT2D eigenvalue weighted by atomic mass is 32.2. The summed E-state index contributed by atoms with van der Waals surface area (Å²) >= 11 is 0. The molecule has 1 aliphatic rings. The number of nitrogens with one attached hydrogen (secondary N) is 1. The fraction of sp³-hybridized carbons (Fsp3) is 0.120. The normalized spacial score (nSPS) is 15.5. The maximum Gasteiger partial charge on any atom is 0.213 e. The van der Waals surface area contributed by atoms with Crippen LogP contribution in [0, 0.1) is 0 Å². The minimum atomic E-state index is -3.97. The Morgan fingerprint density at radius 1 is 0.806 bits per heavy atom. The van der Waals surface area contributed by atoms with Gasteiger partial charge in [0.2, 0.25) is 9.84 Å². The van der Waals surface area contributed by atoms with Crippen molar-refractivity contribution in [3.05, 3.63) is 108 Å². The van der Waals surface area contributed by atoms with Crippen LogP contribution in [0.4, 0.5) is 5.69 Å². The molecule has 3 aromatic carbocycles. The fourth-order valence-corrected chi connectivity index (χ4v) is 5.40. The van der Waals surface area contributed by atoms with Crippen LogP contribution >= 0.6 is 0 Å². The molecule has 0 radical (unpaired) electrons. The second-order valence-electron chi connectivity index (χ2n) is 7.44. The largest absolute Gasteiger partial charge is 0.504 e. The first-order valence-electron chi connectivity index (χ1n) is 9.95. The number of anilines is 1. The molecule has 1 aliphatic heterocycles. The van der Waals surface area contributed by atoms with Crippen molar-refractivity contribution in [1.82, 2.24) is 0 Å². The number of rotatable bonds is 6. The van der Waals surface area contributed by atoms with Crippen LogP contribution in [0.25, 0.3) is 9.81 Å². The monoisotopic (exact) mass is 433 g/mol. The van der Waals surface area contributed by atoms with Crippen molar-refractivity contribution < 1.29 is 18.3 Å². The van der Waals surface area contributed by atoms with Crippen molar-refractivity contribution >= 4 is 25.3 Å². The van der Waals surface area contributed by atoms with E-state index in [9.17, 15) is 13.5 Å². The predicted molar refractivity (Wildman–Crippen MR) is 124 cm³/mol. The molecular weight excluding hydrogens is 410 g/mol. The number of hydrogen-bond acceptors (Lipinski definition) is 5. The maximum atomic E-state index is 13.6. The molecule has 0 amide bonds. The van der Waals surface area contributed by atoms with Crippen molar-refractivity contribution in [3.8, 4) is 5.75 Å². The van der Waals surface area contributed by atoms with Crippen LogP contribution in [-0.4, -0.2) is 19.6 Å². The smallest absolute Gasteiger partial charge is 0.213 e. The highest BCUT2D eigenvalue weighted by molar-refractivity contribution is 8.09. The Morgan fingerprint density at radius 3 is 1.97 bits per heavy atom. The van der Waals surface area contributed by atoms with Crippen molar-refractivity contribution in [2.24, 2.45) is 0 Å². The molecule has 0 aliphatic carbocycles. The second kappa shape index (κ2) is 8.32. The number of aliphatic hydroxyl groups excluding tert-OH is 1. The molecule has 0 spiro atoms. The lowest BCUT2D eigenvalue weighted by Crippen LogP contribution is -2.07. The van der Waals surface area contributed by atoms with E-state index in [2.05, 4.69) is 5.32 Å². The van der Waals surface area contributed by atoms with E-state index in [0.717, 1.165) is 0 Å². The third-order valence-corrected chi connectivity index (χ3v) is 6.71. The lowest BCUT2D eigenvalue weighted by Gasteiger charge is -2.14. The van der Waals surface area contributed by atoms with Crippen molar-refractivity contribution in [2.75, 3.05) is 5.32 Å². The van der Waals surface area contributed by atoms with E-state index in [1.807, 2.05) is 32.0 Å². The van der Waals surface area contributed by atoms with Crippen LogP contribution < -0.4 is 10.1 Å². The quantitative estimate of drug-likeness (QED) is 0.528. The third-order valence-electron chi connectivity index (χ3n) is 4.76. The summed E-state index contributed by atoms with van der Waals surface area (Å²) in [6.45, 7) is 3.86. The summed E-state index contributed by atoms with van der Waals surface area (Å²) < 4.78 is 32.9. The Kier molecular flexibility index (Phi) is 5.57. The van der Waals surface area contributed by atoms with Gasteiger partial charge in [0.25, 0.3) is 0 Å². The molecule has 31 heavy (non-hydrogen) atoms. The molecule has 6 heteroatoms. The average molecular weight is 434 g/mol. The van der Waals surface area contributed by atoms with Gasteiger partial charge < -0.3 is 15.2 Å². The highest BCUT2D eigenvalue weighted by Crippen LogP contribution is 2.45. The van der Waals surface area contributed by atoms with Crippen molar-refractivity contribution in [2.45, 2.75) is 20.0 Å². The molecule has 3 aromatic rings. The highest BCUT2D eigenvalue weighted by Gasteiger charge is 2.40. The minimum absolute atomic E-state index is 0.000754. The van der Waals surface area contributed by atoms with Gasteiger partial charge >= 0.3 is 0 Å². The van der Waals surface area contributed by atoms with Crippen LogP contribution in [-0.2, 0) is 9.84 Å². The molecule has 0 fully saturated rings. The van der Waals surface area contributed by atoms with E-state index in [1.54, 1.807) is 66.7 Å². The van der Waals surface area contributed by atoms with Gasteiger partial charge in [-0.2, -0.15) is 0 Å². The Balaban J connectivity index is 1.87. The van der Waals surface area contributed by atoms with E-state index >= 15 is 0 Å². The summed E-state index contributed by atoms with van der Waals surface area (Å²) in [5, 5.41) is 14.2. The molecule has 1 heterocycles. The summed E-state index contributed by atoms with van der Waals surface area (Å²) in [7, 11) is -3.97. The standard InChI is InChI=1S/C25H23NO4S/c1-17(2)30-21-15-9-14-20(16-21)26-22-23(27)25(19-12-7-4-8-13-19)31(28,29)24(22)18-10-5-3-6-11-18/h3-17,26-27H,1-2H3. The summed E-state index contributed by atoms with van der Waals surface area (Å²) in [6.07, 6.45) is -0.000754. The molecular formula is C25H23NO4S. The Bertz CT molecular complexity index is 1260. The lowest BCUT2D eigenvalue weighted by molar-refractivity contribution is 0.242. The zero-order chi connectivity index (χ0) is 22.0. The van der Waals surface area contributed by atoms with Crippen molar-refractivity contribution in [3.63, 3.8) is 0 Å². The molecule has 5 nitrogen and oxygen atoms in total. The molecule has 2 N–H and O–H groups in total. The van der Waals surface area contributed by atoms with Gasteiger partial charge in [-0.1, -0.05) is 66.7 Å². The molecule has 0 aromatic heterocycles. The average Bonchev–Trinajstić information content (AvgIpc) is 2.93. The van der Waals surface area contributed by atoms with Crippen LogP contribution in [0.3, 0.4) is 0 Å². The van der Waals surface area contributed by atoms with E-state index in [1.165, 1.54) is 0 Å². The lowest BCUT2D eigenvalue weighted by atomic mass is 10.1. The Morgan fingerprint density at radius 2 is 1.39 bits per heavy atom. The van der Waals surface area contributed by atoms with E-state index < -0.39 is 9.84 Å². The molecule has 0 unspecified atom stereocenters. The first-order valence-corrected chi connectivity index (χ1v) is 11.4. The van der Waals surface area contributed by atoms with Gasteiger partial charge in [-0.25, -0.2) is 8.42 Å². The summed E-state index contributed by atoms with van der Waals surface area (Å²) in [6, 6.07) is 24.6. The van der Waals surface area contributed by atoms with Crippen LogP contribution in [0.2, 0.25) is 0 Å². The topological polar surface area (TPSA) is 75.6 Å². The predicted octanol–water partition coefficient (Wildman–Crippen LogP) is 5.61. The molecule has 0 saturated carbocycles. The number of aliphatic hydroxyl groups is 1. The van der Waals surface area contributed by atoms with E-state index in [4.69, 9.17) is 4.74 Å². The molecule has 4 rings (SSSR count). The minimum Gasteiger partial charge on any atom is -0.504 e. The number of benzene rings is 3. The first kappa shape index (κ1) is 20.8. The molecule has 158 valence electrons. The molecule has 0 atom stereocenters. The van der Waals surface area contributed by atoms with Gasteiger partial charge in [0.15, 0.2) is 5.76 Å². The van der Waals surface area contributed by atoms with Gasteiger partial charge in [0, 0.05) is 11.8 Å². The van der Waals surface area contributed by atoms with Gasteiger partial charge in [-0.3, -0.25) is 0 Å². The fourth-order valence-electron chi connectivity index (χ4n) is 3.53. The summed E-state index contributed by atoms with van der Waals surface area (Å²) in [4.78, 5) is -0.0660. The van der Waals surface area contributed by atoms with Gasteiger partial charge in [0.05, 0.1) is 6.10 Å². The van der Waals surface area contributed by atoms with Crippen LogP contribution in [0.15, 0.2) is 96.4 Å². The van der Waals surface area contributed by atoms with Crippen molar-refractivity contribution in [1.29, 1.82) is 0 Å². The zero-order valence-corrected chi connectivity index (χ0v) is 18.1. The van der Waals surface area contributed by atoms with Crippen LogP contribution in [0.5, 0.6) is 5.75 Å². The van der Waals surface area contributed by atoms with Gasteiger partial charge in [0.1, 0.15) is 21.3 Å². The SMILES string of the molecule is CC(C)Oc1cccc(NC2=C(c3ccccc3)S(=O)(=O)C(c3ccccc3)=C2O)c1. The van der Waals surface area contributed by atoms with E-state index in [0.29, 0.717) is 22.6 Å². The number of ether oxygens (including phenoxy) is 1. The maximum absolute atomic E-state index is 13.6. The molecule has 0 saturated heterocycles. The van der Waals surface area contributed by atoms with Crippen LogP contribution in [0.1, 0.15) is 25.0 Å². The Hall–Kier alpha value is -3.51.